The van der Waals surface area contributed by atoms with Crippen molar-refractivity contribution in [2.75, 3.05) is 13.1 Å². The number of esters is 1. The number of carbonyl (C=O) groups is 4. The van der Waals surface area contributed by atoms with Gasteiger partial charge in [0.2, 0.25) is 0 Å². The van der Waals surface area contributed by atoms with Gasteiger partial charge >= 0.3 is 12.1 Å². The molecular formula is C31H39NO6. The summed E-state index contributed by atoms with van der Waals surface area (Å²) < 4.78 is 11.7. The van der Waals surface area contributed by atoms with E-state index in [4.69, 9.17) is 9.47 Å². The first-order valence-corrected chi connectivity index (χ1v) is 13.2. The number of Topliss-reactive ketones (excluding diaryl/α,β-unsaturated/α-hetero) is 2. The van der Waals surface area contributed by atoms with Crippen molar-refractivity contribution >= 4 is 23.6 Å². The minimum absolute atomic E-state index is 0.0307. The summed E-state index contributed by atoms with van der Waals surface area (Å²) in [5.74, 6) is -0.882. The zero-order chi connectivity index (χ0) is 28.1. The average Bonchev–Trinajstić information content (AvgIpc) is 2.83. The van der Waals surface area contributed by atoms with E-state index in [0.717, 1.165) is 11.1 Å². The van der Waals surface area contributed by atoms with Gasteiger partial charge in [0.1, 0.15) is 11.2 Å². The first kappa shape index (κ1) is 29.1. The molecule has 0 N–H and O–H groups in total. The van der Waals surface area contributed by atoms with Gasteiger partial charge in [0.25, 0.3) is 0 Å². The van der Waals surface area contributed by atoms with Crippen molar-refractivity contribution in [1.82, 2.24) is 4.90 Å². The van der Waals surface area contributed by atoms with Crippen molar-refractivity contribution < 1.29 is 28.7 Å². The van der Waals surface area contributed by atoms with Crippen molar-refractivity contribution in [3.63, 3.8) is 0 Å². The van der Waals surface area contributed by atoms with Crippen LogP contribution in [0.3, 0.4) is 0 Å². The number of carbonyl (C=O) groups excluding carboxylic acids is 4. The van der Waals surface area contributed by atoms with E-state index in [1.54, 1.807) is 17.0 Å². The average molecular weight is 522 g/mol. The van der Waals surface area contributed by atoms with Crippen LogP contribution >= 0.6 is 0 Å². The van der Waals surface area contributed by atoms with Crippen molar-refractivity contribution in [3.8, 4) is 0 Å². The highest BCUT2D eigenvalue weighted by molar-refractivity contribution is 5.96. The maximum Gasteiger partial charge on any atom is 0.410 e. The van der Waals surface area contributed by atoms with Crippen molar-refractivity contribution in [2.45, 2.75) is 78.4 Å². The van der Waals surface area contributed by atoms with Crippen LogP contribution in [0.1, 0.15) is 86.2 Å². The van der Waals surface area contributed by atoms with Gasteiger partial charge in [-0.05, 0) is 65.5 Å². The lowest BCUT2D eigenvalue weighted by molar-refractivity contribution is -0.163. The number of likely N-dealkylation sites (tertiary alicyclic amines) is 1. The summed E-state index contributed by atoms with van der Waals surface area (Å²) in [6.45, 7) is 11.1. The highest BCUT2D eigenvalue weighted by Gasteiger charge is 2.36. The van der Waals surface area contributed by atoms with Gasteiger partial charge in [-0.2, -0.15) is 0 Å². The second-order valence-corrected chi connectivity index (χ2v) is 11.4. The summed E-state index contributed by atoms with van der Waals surface area (Å²) in [7, 11) is 0. The minimum atomic E-state index is -0.845. The summed E-state index contributed by atoms with van der Waals surface area (Å²) in [5.41, 5.74) is 1.23. The van der Waals surface area contributed by atoms with E-state index >= 15 is 0 Å². The third kappa shape index (κ3) is 7.76. The Bertz CT molecular complexity index is 1110. The summed E-state index contributed by atoms with van der Waals surface area (Å²) >= 11 is 0. The molecule has 38 heavy (non-hydrogen) atoms. The molecule has 0 saturated carbocycles. The van der Waals surface area contributed by atoms with Gasteiger partial charge in [-0.3, -0.25) is 14.4 Å². The fourth-order valence-electron chi connectivity index (χ4n) is 5.02. The Kier molecular flexibility index (Phi) is 9.13. The number of hydrogen-bond donors (Lipinski definition) is 0. The van der Waals surface area contributed by atoms with Crippen LogP contribution in [0.15, 0.2) is 48.5 Å². The largest absolute Gasteiger partial charge is 0.459 e. The molecule has 1 unspecified atom stereocenters. The van der Waals surface area contributed by atoms with Crippen molar-refractivity contribution in [2.24, 2.45) is 5.92 Å². The first-order chi connectivity index (χ1) is 17.8. The van der Waals surface area contributed by atoms with Gasteiger partial charge in [-0.15, -0.1) is 0 Å². The molecule has 0 aliphatic carbocycles. The summed E-state index contributed by atoms with van der Waals surface area (Å²) in [6.07, 6.45) is 1.60. The zero-order valence-corrected chi connectivity index (χ0v) is 23.3. The fraction of sp³-hybridized carbons (Fsp3) is 0.484. The zero-order valence-electron chi connectivity index (χ0n) is 23.3. The van der Waals surface area contributed by atoms with E-state index in [1.165, 1.54) is 13.8 Å². The molecule has 0 aromatic heterocycles. The standard InChI is InChI=1S/C31H39NO6/c1-21(33)26-15-9-7-12-23(26)18-30(3,4)37-28(35)25-14-11-17-32(20-25)29(36)38-31(5,6)19-24-13-8-10-16-27(24)22(2)34/h7-10,12-13,15-16,25H,11,14,17-20H2,1-6H3. The Morgan fingerprint density at radius 3 is 1.76 bits per heavy atom. The van der Waals surface area contributed by atoms with Crippen molar-refractivity contribution in [3.05, 3.63) is 70.8 Å². The molecule has 3 rings (SSSR count). The Balaban J connectivity index is 1.61. The van der Waals surface area contributed by atoms with Crippen molar-refractivity contribution in [1.29, 1.82) is 0 Å². The SMILES string of the molecule is CC(=O)c1ccccc1CC(C)(C)OC(=O)C1CCCN(C(=O)OC(C)(C)Cc2ccccc2C(C)=O)C1. The second-order valence-electron chi connectivity index (χ2n) is 11.4. The number of nitrogens with zero attached hydrogens (tertiary/aromatic N) is 1. The molecule has 1 fully saturated rings. The number of ether oxygens (including phenoxy) is 2. The van der Waals surface area contributed by atoms with Crippen LogP contribution in [-0.2, 0) is 27.1 Å². The molecule has 7 nitrogen and oxygen atoms in total. The molecule has 2 aromatic carbocycles. The van der Waals surface area contributed by atoms with E-state index in [0.29, 0.717) is 43.4 Å². The van der Waals surface area contributed by atoms with Crippen LogP contribution in [0, 0.1) is 5.92 Å². The smallest absolute Gasteiger partial charge is 0.410 e. The van der Waals surface area contributed by atoms with E-state index in [2.05, 4.69) is 0 Å². The molecule has 1 saturated heterocycles. The predicted octanol–water partition coefficient (Wildman–Crippen LogP) is 5.83. The molecule has 0 radical (unpaired) electrons. The van der Waals surface area contributed by atoms with Gasteiger partial charge in [0.05, 0.1) is 5.92 Å². The molecule has 1 aliphatic heterocycles. The quantitative estimate of drug-likeness (QED) is 0.305. The number of rotatable bonds is 9. The molecule has 7 heteroatoms. The minimum Gasteiger partial charge on any atom is -0.459 e. The van der Waals surface area contributed by atoms with Gasteiger partial charge in [0.15, 0.2) is 11.6 Å². The Morgan fingerprint density at radius 1 is 0.789 bits per heavy atom. The van der Waals surface area contributed by atoms with Crippen LogP contribution in [0.4, 0.5) is 4.79 Å². The molecule has 2 aromatic rings. The van der Waals surface area contributed by atoms with Gasteiger partial charge < -0.3 is 14.4 Å². The lowest BCUT2D eigenvalue weighted by Crippen LogP contribution is -2.47. The number of piperidine rings is 1. The summed E-state index contributed by atoms with van der Waals surface area (Å²) in [5, 5.41) is 0. The molecule has 0 spiro atoms. The molecule has 1 amide bonds. The van der Waals surface area contributed by atoms with Crippen LogP contribution in [0.2, 0.25) is 0 Å². The third-order valence-corrected chi connectivity index (χ3v) is 6.78. The topological polar surface area (TPSA) is 90.0 Å². The third-order valence-electron chi connectivity index (χ3n) is 6.78. The monoisotopic (exact) mass is 521 g/mol. The van der Waals surface area contributed by atoms with Gasteiger partial charge in [-0.1, -0.05) is 48.5 Å². The fourth-order valence-corrected chi connectivity index (χ4v) is 5.02. The number of benzene rings is 2. The van der Waals surface area contributed by atoms with E-state index in [1.807, 2.05) is 64.1 Å². The first-order valence-electron chi connectivity index (χ1n) is 13.2. The molecular weight excluding hydrogens is 482 g/mol. The van der Waals surface area contributed by atoms with E-state index in [-0.39, 0.29) is 24.1 Å². The molecule has 204 valence electrons. The number of ketones is 2. The van der Waals surface area contributed by atoms with Crippen LogP contribution in [0.25, 0.3) is 0 Å². The summed E-state index contributed by atoms with van der Waals surface area (Å²) in [4.78, 5) is 51.7. The second kappa shape index (κ2) is 11.9. The predicted molar refractivity (Wildman–Crippen MR) is 145 cm³/mol. The van der Waals surface area contributed by atoms with E-state index in [9.17, 15) is 19.2 Å². The van der Waals surface area contributed by atoms with Crippen LogP contribution < -0.4 is 0 Å². The highest BCUT2D eigenvalue weighted by Crippen LogP contribution is 2.27. The van der Waals surface area contributed by atoms with Gasteiger partial charge in [0, 0.05) is 37.1 Å². The lowest BCUT2D eigenvalue weighted by Gasteiger charge is -2.36. The van der Waals surface area contributed by atoms with Gasteiger partial charge in [-0.25, -0.2) is 4.79 Å². The summed E-state index contributed by atoms with van der Waals surface area (Å²) in [6, 6.07) is 14.7. The maximum atomic E-state index is 13.1. The maximum absolute atomic E-state index is 13.1. The Hall–Kier alpha value is -3.48. The van der Waals surface area contributed by atoms with Crippen LogP contribution in [0.5, 0.6) is 0 Å². The highest BCUT2D eigenvalue weighted by atomic mass is 16.6. The van der Waals surface area contributed by atoms with E-state index < -0.39 is 23.2 Å². The normalized spacial score (nSPS) is 16.1. The number of hydrogen-bond acceptors (Lipinski definition) is 6. The lowest BCUT2D eigenvalue weighted by atomic mass is 9.92. The molecule has 1 heterocycles. The molecule has 1 atom stereocenters. The number of amides is 1. The Morgan fingerprint density at radius 2 is 1.26 bits per heavy atom. The molecule has 1 aliphatic rings. The Labute approximate surface area is 225 Å². The van der Waals surface area contributed by atoms with Crippen LogP contribution in [-0.4, -0.2) is 52.8 Å². The molecule has 0 bridgehead atoms.